The van der Waals surface area contributed by atoms with E-state index in [2.05, 4.69) is 0 Å². The van der Waals surface area contributed by atoms with Gasteiger partial charge in [0.2, 0.25) is 0 Å². The smallest absolute Gasteiger partial charge is 0.388 e. The number of aliphatic hydroxyl groups is 2. The average Bonchev–Trinajstić information content (AvgIpc) is 2.80. The van der Waals surface area contributed by atoms with Gasteiger partial charge >= 0.3 is 12.1 Å². The highest BCUT2D eigenvalue weighted by atomic mass is 19.4. The Kier molecular flexibility index (Phi) is 3.94. The van der Waals surface area contributed by atoms with Gasteiger partial charge < -0.3 is 19.8 Å². The topological polar surface area (TPSA) is 70.0 Å². The molecule has 1 amide bonds. The molecular weight excluding hydrogens is 303 g/mol. The predicted octanol–water partition coefficient (Wildman–Crippen LogP) is 0.605. The summed E-state index contributed by atoms with van der Waals surface area (Å²) >= 11 is 0. The normalized spacial score (nSPS) is 41.2. The number of allylic oxidation sites excluding steroid dienone is 2. The van der Waals surface area contributed by atoms with Crippen LogP contribution in [0.3, 0.4) is 0 Å². The number of rotatable bonds is 2. The SMILES string of the molecule is O=C(N1CCC2O[C@H](CC3C=CC3)[C@H](O)[C@H](O)[C@H]21)C(F)(F)F. The highest BCUT2D eigenvalue weighted by Crippen LogP contribution is 2.37. The molecule has 0 radical (unpaired) electrons. The van der Waals surface area contributed by atoms with Crippen LogP contribution < -0.4 is 0 Å². The number of likely N-dealkylation sites (tertiary alicyclic amines) is 1. The van der Waals surface area contributed by atoms with E-state index >= 15 is 0 Å². The van der Waals surface area contributed by atoms with Crippen LogP contribution >= 0.6 is 0 Å². The molecule has 0 aromatic rings. The summed E-state index contributed by atoms with van der Waals surface area (Å²) in [7, 11) is 0. The van der Waals surface area contributed by atoms with E-state index in [1.807, 2.05) is 12.2 Å². The molecular formula is C14H18F3NO4. The number of fused-ring (bicyclic) bond motifs is 1. The van der Waals surface area contributed by atoms with Gasteiger partial charge in [0.25, 0.3) is 0 Å². The molecule has 2 aliphatic heterocycles. The van der Waals surface area contributed by atoms with E-state index in [-0.39, 0.29) is 18.9 Å². The van der Waals surface area contributed by atoms with Crippen LogP contribution in [0.25, 0.3) is 0 Å². The van der Waals surface area contributed by atoms with Crippen molar-refractivity contribution in [2.45, 2.75) is 55.9 Å². The molecule has 0 aromatic carbocycles. The fraction of sp³-hybridized carbons (Fsp3) is 0.786. The number of hydrogen-bond acceptors (Lipinski definition) is 4. The average molecular weight is 321 g/mol. The molecule has 0 saturated carbocycles. The van der Waals surface area contributed by atoms with Crippen molar-refractivity contribution >= 4 is 5.91 Å². The zero-order valence-corrected chi connectivity index (χ0v) is 11.7. The van der Waals surface area contributed by atoms with Crippen LogP contribution in [0, 0.1) is 5.92 Å². The second-order valence-corrected chi connectivity index (χ2v) is 6.13. The van der Waals surface area contributed by atoms with Crippen molar-refractivity contribution in [3.63, 3.8) is 0 Å². The minimum absolute atomic E-state index is 0.131. The summed E-state index contributed by atoms with van der Waals surface area (Å²) in [4.78, 5) is 12.0. The van der Waals surface area contributed by atoms with E-state index in [1.165, 1.54) is 0 Å². The lowest BCUT2D eigenvalue weighted by atomic mass is 9.84. The maximum absolute atomic E-state index is 12.6. The number of nitrogens with zero attached hydrogens (tertiary/aromatic N) is 1. The molecule has 0 aromatic heterocycles. The van der Waals surface area contributed by atoms with Gasteiger partial charge in [0.05, 0.1) is 18.2 Å². The Morgan fingerprint density at radius 2 is 2.00 bits per heavy atom. The molecule has 3 aliphatic rings. The van der Waals surface area contributed by atoms with Gasteiger partial charge in [0, 0.05) is 6.54 Å². The van der Waals surface area contributed by atoms with Crippen LogP contribution in [0.2, 0.25) is 0 Å². The van der Waals surface area contributed by atoms with E-state index in [9.17, 15) is 28.2 Å². The lowest BCUT2D eigenvalue weighted by molar-refractivity contribution is -0.210. The number of halogens is 3. The second kappa shape index (κ2) is 5.50. The van der Waals surface area contributed by atoms with Crippen molar-refractivity contribution in [3.8, 4) is 0 Å². The Balaban J connectivity index is 1.72. The van der Waals surface area contributed by atoms with Gasteiger partial charge in [-0.3, -0.25) is 4.79 Å². The molecule has 124 valence electrons. The quantitative estimate of drug-likeness (QED) is 0.731. The zero-order valence-electron chi connectivity index (χ0n) is 11.7. The Bertz CT molecular complexity index is 481. The maximum Gasteiger partial charge on any atom is 0.471 e. The van der Waals surface area contributed by atoms with Gasteiger partial charge in [-0.2, -0.15) is 13.2 Å². The maximum atomic E-state index is 12.6. The van der Waals surface area contributed by atoms with Crippen molar-refractivity contribution in [3.05, 3.63) is 12.2 Å². The molecule has 1 aliphatic carbocycles. The monoisotopic (exact) mass is 321 g/mol. The van der Waals surface area contributed by atoms with Gasteiger partial charge in [-0.05, 0) is 25.2 Å². The number of alkyl halides is 3. The van der Waals surface area contributed by atoms with E-state index in [1.54, 1.807) is 0 Å². The number of ether oxygens (including phenoxy) is 1. The zero-order chi connectivity index (χ0) is 16.1. The molecule has 0 bridgehead atoms. The van der Waals surface area contributed by atoms with Crippen molar-refractivity contribution in [2.24, 2.45) is 5.92 Å². The number of carbonyl (C=O) groups is 1. The van der Waals surface area contributed by atoms with E-state index in [0.717, 1.165) is 6.42 Å². The summed E-state index contributed by atoms with van der Waals surface area (Å²) < 4.78 is 43.5. The molecule has 22 heavy (non-hydrogen) atoms. The van der Waals surface area contributed by atoms with E-state index in [0.29, 0.717) is 11.3 Å². The number of aliphatic hydroxyl groups excluding tert-OH is 2. The van der Waals surface area contributed by atoms with E-state index in [4.69, 9.17) is 4.74 Å². The first kappa shape index (κ1) is 15.8. The largest absolute Gasteiger partial charge is 0.471 e. The summed E-state index contributed by atoms with van der Waals surface area (Å²) in [5, 5.41) is 20.3. The van der Waals surface area contributed by atoms with Gasteiger partial charge in [-0.1, -0.05) is 12.2 Å². The summed E-state index contributed by atoms with van der Waals surface area (Å²) in [6.45, 7) is -0.131. The first-order valence-electron chi connectivity index (χ1n) is 7.35. The van der Waals surface area contributed by atoms with Crippen LogP contribution in [-0.2, 0) is 9.53 Å². The van der Waals surface area contributed by atoms with Gasteiger partial charge in [0.1, 0.15) is 12.2 Å². The van der Waals surface area contributed by atoms with Crippen LogP contribution in [0.5, 0.6) is 0 Å². The van der Waals surface area contributed by atoms with Gasteiger partial charge in [0.15, 0.2) is 0 Å². The van der Waals surface area contributed by atoms with E-state index < -0.39 is 42.5 Å². The molecule has 8 heteroatoms. The standard InChI is InChI=1S/C14H18F3NO4/c15-14(16,17)13(21)18-5-4-8-10(18)12(20)11(19)9(22-8)6-7-2-1-3-7/h1-2,7-12,19-20H,3-6H2/t7?,8?,9-,10+,11+,12-/m1/s1. The molecule has 2 fully saturated rings. The molecule has 2 N–H and O–H groups in total. The third-order valence-electron chi connectivity index (χ3n) is 4.71. The summed E-state index contributed by atoms with van der Waals surface area (Å²) in [5.41, 5.74) is 0. The third kappa shape index (κ3) is 2.63. The fourth-order valence-electron chi connectivity index (χ4n) is 3.46. The molecule has 2 heterocycles. The molecule has 2 saturated heterocycles. The number of hydrogen-bond donors (Lipinski definition) is 2. The lowest BCUT2D eigenvalue weighted by Crippen LogP contribution is -2.62. The van der Waals surface area contributed by atoms with Gasteiger partial charge in [-0.25, -0.2) is 0 Å². The fourth-order valence-corrected chi connectivity index (χ4v) is 3.46. The minimum atomic E-state index is -4.99. The highest BCUT2D eigenvalue weighted by molar-refractivity contribution is 5.82. The summed E-state index contributed by atoms with van der Waals surface area (Å²) in [5.74, 6) is -1.73. The predicted molar refractivity (Wildman–Crippen MR) is 68.7 cm³/mol. The first-order valence-corrected chi connectivity index (χ1v) is 7.35. The Morgan fingerprint density at radius 1 is 1.32 bits per heavy atom. The molecule has 5 nitrogen and oxygen atoms in total. The van der Waals surface area contributed by atoms with Crippen LogP contribution in [0.1, 0.15) is 19.3 Å². The van der Waals surface area contributed by atoms with Crippen LogP contribution in [0.15, 0.2) is 12.2 Å². The summed E-state index contributed by atoms with van der Waals surface area (Å²) in [6.07, 6.45) is -3.42. The number of amides is 1. The highest BCUT2D eigenvalue weighted by Gasteiger charge is 2.55. The third-order valence-corrected chi connectivity index (χ3v) is 4.71. The molecule has 2 unspecified atom stereocenters. The summed E-state index contributed by atoms with van der Waals surface area (Å²) in [6, 6.07) is -1.14. The van der Waals surface area contributed by atoms with Crippen molar-refractivity contribution in [2.75, 3.05) is 6.54 Å². The van der Waals surface area contributed by atoms with Crippen molar-refractivity contribution in [1.82, 2.24) is 4.90 Å². The number of carbonyl (C=O) groups excluding carboxylic acids is 1. The van der Waals surface area contributed by atoms with Crippen LogP contribution in [-0.4, -0.2) is 64.2 Å². The minimum Gasteiger partial charge on any atom is -0.388 e. The van der Waals surface area contributed by atoms with Crippen molar-refractivity contribution < 1.29 is 32.9 Å². The molecule has 6 atom stereocenters. The Morgan fingerprint density at radius 3 is 2.55 bits per heavy atom. The molecule has 3 rings (SSSR count). The first-order chi connectivity index (χ1) is 10.3. The Hall–Kier alpha value is -1.12. The Labute approximate surface area is 125 Å². The molecule has 0 spiro atoms. The van der Waals surface area contributed by atoms with Crippen molar-refractivity contribution in [1.29, 1.82) is 0 Å². The van der Waals surface area contributed by atoms with Gasteiger partial charge in [-0.15, -0.1) is 0 Å². The van der Waals surface area contributed by atoms with Crippen LogP contribution in [0.4, 0.5) is 13.2 Å². The lowest BCUT2D eigenvalue weighted by Gasteiger charge is -2.43. The second-order valence-electron chi connectivity index (χ2n) is 6.13.